The smallest absolute Gasteiger partial charge is 0.240 e. The third-order valence-corrected chi connectivity index (χ3v) is 6.73. The monoisotopic (exact) mass is 388 g/mol. The second-order valence-electron chi connectivity index (χ2n) is 7.58. The van der Waals surface area contributed by atoms with E-state index in [1.165, 1.54) is 5.56 Å². The molecule has 0 aromatic heterocycles. The second-order valence-corrected chi connectivity index (χ2v) is 9.35. The van der Waals surface area contributed by atoms with Crippen molar-refractivity contribution in [3.05, 3.63) is 59.7 Å². The predicted molar refractivity (Wildman–Crippen MR) is 114 cm³/mol. The van der Waals surface area contributed by atoms with Gasteiger partial charge in [-0.2, -0.15) is 0 Å². The van der Waals surface area contributed by atoms with Gasteiger partial charge in [0.05, 0.1) is 4.90 Å². The van der Waals surface area contributed by atoms with Crippen LogP contribution in [0.3, 0.4) is 0 Å². The molecule has 1 N–H and O–H groups in total. The summed E-state index contributed by atoms with van der Waals surface area (Å²) in [6, 6.07) is 15.5. The molecule has 0 radical (unpaired) electrons. The summed E-state index contributed by atoms with van der Waals surface area (Å²) >= 11 is 0. The minimum atomic E-state index is -3.50. The highest BCUT2D eigenvalue weighted by molar-refractivity contribution is 7.89. The van der Waals surface area contributed by atoms with Crippen LogP contribution in [0.5, 0.6) is 0 Å². The fourth-order valence-corrected chi connectivity index (χ4v) is 4.00. The average Bonchev–Trinajstić information content (AvgIpc) is 2.65. The van der Waals surface area contributed by atoms with E-state index in [2.05, 4.69) is 62.4 Å². The van der Waals surface area contributed by atoms with Gasteiger partial charge in [0, 0.05) is 25.3 Å². The first-order valence-corrected chi connectivity index (χ1v) is 11.1. The Morgan fingerprint density at radius 2 is 1.70 bits per heavy atom. The van der Waals surface area contributed by atoms with Crippen LogP contribution < -0.4 is 9.62 Å². The van der Waals surface area contributed by atoms with Crippen molar-refractivity contribution >= 4 is 15.7 Å². The molecular formula is C22H32N2O2S. The molecule has 0 heterocycles. The minimum absolute atomic E-state index is 0.0468. The van der Waals surface area contributed by atoms with E-state index in [1.54, 1.807) is 12.1 Å². The first-order valence-electron chi connectivity index (χ1n) is 9.61. The number of nitrogens with one attached hydrogen (secondary N) is 1. The molecule has 5 heteroatoms. The lowest BCUT2D eigenvalue weighted by Gasteiger charge is -2.24. The van der Waals surface area contributed by atoms with Crippen LogP contribution in [0.2, 0.25) is 0 Å². The Hall–Kier alpha value is -1.85. The van der Waals surface area contributed by atoms with Gasteiger partial charge in [-0.15, -0.1) is 0 Å². The molecule has 0 aliphatic rings. The van der Waals surface area contributed by atoms with Crippen molar-refractivity contribution in [3.63, 3.8) is 0 Å². The van der Waals surface area contributed by atoms with Gasteiger partial charge in [-0.3, -0.25) is 0 Å². The topological polar surface area (TPSA) is 49.4 Å². The zero-order valence-corrected chi connectivity index (χ0v) is 17.9. The Balaban J connectivity index is 2.02. The standard InChI is InChI=1S/C22H32N2O2S/c1-6-22(4,5)19-11-13-21(14-12-19)27(25,26)23-15-16-24(7-2)20-10-8-9-18(3)17-20/h8-14,17,23H,6-7,15-16H2,1-5H3. The van der Waals surface area contributed by atoms with E-state index in [1.807, 2.05) is 18.2 Å². The van der Waals surface area contributed by atoms with E-state index >= 15 is 0 Å². The zero-order valence-electron chi connectivity index (χ0n) is 17.1. The van der Waals surface area contributed by atoms with Crippen molar-refractivity contribution in [1.29, 1.82) is 0 Å². The van der Waals surface area contributed by atoms with Gasteiger partial charge in [0.2, 0.25) is 10.0 Å². The minimum Gasteiger partial charge on any atom is -0.370 e. The number of sulfonamides is 1. The molecule has 2 aromatic rings. The molecular weight excluding hydrogens is 356 g/mol. The van der Waals surface area contributed by atoms with Crippen LogP contribution in [-0.2, 0) is 15.4 Å². The molecule has 0 atom stereocenters. The number of hydrogen-bond donors (Lipinski definition) is 1. The predicted octanol–water partition coefficient (Wildman–Crippen LogP) is 4.49. The van der Waals surface area contributed by atoms with Crippen LogP contribution in [0.1, 0.15) is 45.2 Å². The van der Waals surface area contributed by atoms with Crippen LogP contribution in [0.4, 0.5) is 5.69 Å². The fraction of sp³-hybridized carbons (Fsp3) is 0.455. The molecule has 0 saturated heterocycles. The molecule has 0 bridgehead atoms. The van der Waals surface area contributed by atoms with Crippen LogP contribution in [0, 0.1) is 6.92 Å². The van der Waals surface area contributed by atoms with Gasteiger partial charge in [0.25, 0.3) is 0 Å². The fourth-order valence-electron chi connectivity index (χ4n) is 2.98. The lowest BCUT2D eigenvalue weighted by molar-refractivity contribution is 0.505. The maximum Gasteiger partial charge on any atom is 0.240 e. The van der Waals surface area contributed by atoms with Gasteiger partial charge in [0.1, 0.15) is 0 Å². The molecule has 0 saturated carbocycles. The number of aryl methyl sites for hydroxylation is 1. The van der Waals surface area contributed by atoms with Gasteiger partial charge in [0.15, 0.2) is 0 Å². The van der Waals surface area contributed by atoms with Crippen LogP contribution in [0.15, 0.2) is 53.4 Å². The van der Waals surface area contributed by atoms with E-state index < -0.39 is 10.0 Å². The number of anilines is 1. The van der Waals surface area contributed by atoms with Gasteiger partial charge >= 0.3 is 0 Å². The Morgan fingerprint density at radius 3 is 2.26 bits per heavy atom. The molecule has 27 heavy (non-hydrogen) atoms. The third kappa shape index (κ3) is 5.56. The van der Waals surface area contributed by atoms with Gasteiger partial charge in [-0.1, -0.05) is 45.0 Å². The number of nitrogens with zero attached hydrogens (tertiary/aromatic N) is 1. The maximum absolute atomic E-state index is 12.6. The lowest BCUT2D eigenvalue weighted by Crippen LogP contribution is -2.35. The quantitative estimate of drug-likeness (QED) is 0.689. The lowest BCUT2D eigenvalue weighted by atomic mass is 9.82. The number of hydrogen-bond acceptors (Lipinski definition) is 3. The maximum atomic E-state index is 12.6. The SMILES string of the molecule is CCN(CCNS(=O)(=O)c1ccc(C(C)(C)CC)cc1)c1cccc(C)c1. The Morgan fingerprint density at radius 1 is 1.04 bits per heavy atom. The van der Waals surface area contributed by atoms with Crippen LogP contribution >= 0.6 is 0 Å². The number of likely N-dealkylation sites (N-methyl/N-ethyl adjacent to an activating group) is 1. The van der Waals surface area contributed by atoms with Crippen LogP contribution in [-0.4, -0.2) is 28.1 Å². The van der Waals surface area contributed by atoms with Gasteiger partial charge < -0.3 is 4.90 Å². The average molecular weight is 389 g/mol. The number of rotatable bonds is 9. The van der Waals surface area contributed by atoms with E-state index in [4.69, 9.17) is 0 Å². The molecule has 0 fully saturated rings. The molecule has 4 nitrogen and oxygen atoms in total. The highest BCUT2D eigenvalue weighted by Crippen LogP contribution is 2.27. The summed E-state index contributed by atoms with van der Waals surface area (Å²) in [7, 11) is -3.50. The summed E-state index contributed by atoms with van der Waals surface area (Å²) < 4.78 is 27.9. The van der Waals surface area contributed by atoms with Crippen LogP contribution in [0.25, 0.3) is 0 Å². The molecule has 148 valence electrons. The summed E-state index contributed by atoms with van der Waals surface area (Å²) in [6.45, 7) is 12.4. The Labute approximate surface area is 164 Å². The Kier molecular flexibility index (Phi) is 7.06. The van der Waals surface area contributed by atoms with E-state index in [-0.39, 0.29) is 5.41 Å². The molecule has 0 unspecified atom stereocenters. The van der Waals surface area contributed by atoms with Gasteiger partial charge in [-0.05, 0) is 61.1 Å². The third-order valence-electron chi connectivity index (χ3n) is 5.25. The van der Waals surface area contributed by atoms with Crippen molar-refractivity contribution < 1.29 is 8.42 Å². The summed E-state index contributed by atoms with van der Waals surface area (Å²) in [6.07, 6.45) is 1.00. The molecule has 2 aromatic carbocycles. The Bertz CT molecular complexity index is 843. The van der Waals surface area contributed by atoms with Crippen molar-refractivity contribution in [2.24, 2.45) is 0 Å². The molecule has 0 aliphatic heterocycles. The summed E-state index contributed by atoms with van der Waals surface area (Å²) in [5.41, 5.74) is 3.51. The van der Waals surface area contributed by atoms with Crippen molar-refractivity contribution in [2.75, 3.05) is 24.5 Å². The summed E-state index contributed by atoms with van der Waals surface area (Å²) in [5.74, 6) is 0. The van der Waals surface area contributed by atoms with Crippen molar-refractivity contribution in [2.45, 2.75) is 51.3 Å². The second kappa shape index (κ2) is 8.89. The highest BCUT2D eigenvalue weighted by atomic mass is 32.2. The number of benzene rings is 2. The molecule has 0 aliphatic carbocycles. The first-order chi connectivity index (χ1) is 12.7. The summed E-state index contributed by atoms with van der Waals surface area (Å²) in [4.78, 5) is 2.49. The highest BCUT2D eigenvalue weighted by Gasteiger charge is 2.20. The largest absolute Gasteiger partial charge is 0.370 e. The van der Waals surface area contributed by atoms with E-state index in [0.717, 1.165) is 24.2 Å². The molecule has 0 spiro atoms. The summed E-state index contributed by atoms with van der Waals surface area (Å²) in [5, 5.41) is 0. The first kappa shape index (κ1) is 21.5. The molecule has 0 amide bonds. The normalized spacial score (nSPS) is 12.2. The van der Waals surface area contributed by atoms with E-state index in [0.29, 0.717) is 18.0 Å². The van der Waals surface area contributed by atoms with Crippen molar-refractivity contribution in [3.8, 4) is 0 Å². The van der Waals surface area contributed by atoms with E-state index in [9.17, 15) is 8.42 Å². The van der Waals surface area contributed by atoms with Gasteiger partial charge in [-0.25, -0.2) is 13.1 Å². The molecule has 2 rings (SSSR count). The zero-order chi connectivity index (χ0) is 20.1. The van der Waals surface area contributed by atoms with Crippen molar-refractivity contribution in [1.82, 2.24) is 4.72 Å².